The molecule has 0 aromatic carbocycles. The molecule has 2 atom stereocenters. The Morgan fingerprint density at radius 3 is 2.06 bits per heavy atom. The Balaban J connectivity index is 4.60. The van der Waals surface area contributed by atoms with Crippen LogP contribution in [-0.4, -0.2) is 31.4 Å². The van der Waals surface area contributed by atoms with Gasteiger partial charge in [0.05, 0.1) is 19.1 Å². The Hall–Kier alpha value is -1.26. The van der Waals surface area contributed by atoms with Crippen LogP contribution in [0.2, 0.25) is 0 Å². The van der Waals surface area contributed by atoms with Crippen LogP contribution in [0.15, 0.2) is 0 Å². The molecule has 0 saturated heterocycles. The van der Waals surface area contributed by atoms with Crippen LogP contribution in [0.25, 0.3) is 0 Å². The highest BCUT2D eigenvalue weighted by molar-refractivity contribution is 5.73. The van der Waals surface area contributed by atoms with Crippen molar-refractivity contribution in [2.45, 2.75) is 53.1 Å². The summed E-state index contributed by atoms with van der Waals surface area (Å²) in [7, 11) is 0. The van der Waals surface area contributed by atoms with Crippen LogP contribution in [-0.2, 0) is 19.0 Å². The largest absolute Gasteiger partial charge is 0.508 e. The van der Waals surface area contributed by atoms with Gasteiger partial charge in [-0.25, -0.2) is 4.79 Å². The van der Waals surface area contributed by atoms with Gasteiger partial charge in [-0.2, -0.15) is 0 Å². The van der Waals surface area contributed by atoms with Crippen LogP contribution in [0.5, 0.6) is 0 Å². The summed E-state index contributed by atoms with van der Waals surface area (Å²) in [4.78, 5) is 23.1. The van der Waals surface area contributed by atoms with Gasteiger partial charge >= 0.3 is 12.1 Å². The van der Waals surface area contributed by atoms with E-state index in [0.29, 0.717) is 19.4 Å². The maximum absolute atomic E-state index is 11.8. The van der Waals surface area contributed by atoms with Crippen molar-refractivity contribution in [2.75, 3.05) is 13.2 Å². The van der Waals surface area contributed by atoms with E-state index in [0.717, 1.165) is 6.42 Å². The fourth-order valence-electron chi connectivity index (χ4n) is 1.73. The minimum atomic E-state index is -0.723. The van der Waals surface area contributed by atoms with Crippen molar-refractivity contribution < 1.29 is 23.8 Å². The number of rotatable bonds is 8. The van der Waals surface area contributed by atoms with E-state index in [2.05, 4.69) is 0 Å². The third-order valence-corrected chi connectivity index (χ3v) is 2.56. The Kier molecular flexibility index (Phi) is 9.06. The van der Waals surface area contributed by atoms with Crippen molar-refractivity contribution in [1.29, 1.82) is 0 Å². The molecule has 0 bridgehead atoms. The highest BCUT2D eigenvalue weighted by Crippen LogP contribution is 2.19. The predicted octanol–water partition coefficient (Wildman–Crippen LogP) is 2.92. The van der Waals surface area contributed by atoms with Gasteiger partial charge in [0.1, 0.15) is 6.10 Å². The fraction of sp³-hybridized carbons (Fsp3) is 0.846. The number of carbonyl (C=O) groups excluding carboxylic acids is 2. The lowest BCUT2D eigenvalue weighted by atomic mass is 9.96. The van der Waals surface area contributed by atoms with Gasteiger partial charge in [0.2, 0.25) is 0 Å². The molecular weight excluding hydrogens is 236 g/mol. The second kappa shape index (κ2) is 9.74. The molecule has 0 fully saturated rings. The van der Waals surface area contributed by atoms with E-state index in [4.69, 9.17) is 14.2 Å². The molecular formula is C13H24O5. The Morgan fingerprint density at radius 1 is 1.00 bits per heavy atom. The average molecular weight is 260 g/mol. The molecule has 0 heterocycles. The molecule has 0 aliphatic rings. The van der Waals surface area contributed by atoms with E-state index < -0.39 is 18.2 Å². The first kappa shape index (κ1) is 16.7. The van der Waals surface area contributed by atoms with Crippen LogP contribution in [0.4, 0.5) is 4.79 Å². The minimum Gasteiger partial charge on any atom is -0.466 e. The summed E-state index contributed by atoms with van der Waals surface area (Å²) in [6.45, 7) is 7.89. The van der Waals surface area contributed by atoms with Crippen molar-refractivity contribution in [3.8, 4) is 0 Å². The van der Waals surface area contributed by atoms with Gasteiger partial charge in [-0.3, -0.25) is 4.79 Å². The van der Waals surface area contributed by atoms with E-state index in [1.54, 1.807) is 13.8 Å². The summed E-state index contributed by atoms with van der Waals surface area (Å²) in [5.74, 6) is -0.739. The Bertz CT molecular complexity index is 252. The quantitative estimate of drug-likeness (QED) is 0.628. The maximum Gasteiger partial charge on any atom is 0.508 e. The summed E-state index contributed by atoms with van der Waals surface area (Å²) in [6, 6.07) is 0. The van der Waals surface area contributed by atoms with Gasteiger partial charge in [-0.05, 0) is 26.7 Å². The second-order valence-corrected chi connectivity index (χ2v) is 3.89. The average Bonchev–Trinajstić information content (AvgIpc) is 2.30. The van der Waals surface area contributed by atoms with Crippen LogP contribution >= 0.6 is 0 Å². The molecule has 0 saturated carbocycles. The van der Waals surface area contributed by atoms with Crippen molar-refractivity contribution in [3.05, 3.63) is 0 Å². The predicted molar refractivity (Wildman–Crippen MR) is 67.2 cm³/mol. The van der Waals surface area contributed by atoms with Gasteiger partial charge in [0, 0.05) is 0 Å². The van der Waals surface area contributed by atoms with Gasteiger partial charge in [0.15, 0.2) is 0 Å². The van der Waals surface area contributed by atoms with Crippen LogP contribution in [0.3, 0.4) is 0 Å². The zero-order chi connectivity index (χ0) is 14.0. The smallest absolute Gasteiger partial charge is 0.466 e. The van der Waals surface area contributed by atoms with Crippen molar-refractivity contribution in [1.82, 2.24) is 0 Å². The molecule has 0 N–H and O–H groups in total. The van der Waals surface area contributed by atoms with E-state index >= 15 is 0 Å². The molecule has 18 heavy (non-hydrogen) atoms. The summed E-state index contributed by atoms with van der Waals surface area (Å²) in [6.07, 6.45) is 0.816. The lowest BCUT2D eigenvalue weighted by Gasteiger charge is -2.23. The molecule has 5 nitrogen and oxygen atoms in total. The highest BCUT2D eigenvalue weighted by Gasteiger charge is 2.30. The van der Waals surface area contributed by atoms with Crippen molar-refractivity contribution >= 4 is 12.1 Å². The monoisotopic (exact) mass is 260 g/mol. The third kappa shape index (κ3) is 5.89. The standard InChI is InChI=1S/C13H24O5/c1-5-9-11(18-13(15)17-8-4)10(6-2)12(14)16-7-3/h10-11H,5-9H2,1-4H3. The first-order valence-electron chi connectivity index (χ1n) is 6.60. The third-order valence-electron chi connectivity index (χ3n) is 2.56. The van der Waals surface area contributed by atoms with Crippen LogP contribution < -0.4 is 0 Å². The Morgan fingerprint density at radius 2 is 1.61 bits per heavy atom. The van der Waals surface area contributed by atoms with Gasteiger partial charge in [-0.15, -0.1) is 0 Å². The molecule has 0 aromatic rings. The first-order chi connectivity index (χ1) is 8.60. The molecule has 0 spiro atoms. The summed E-state index contributed by atoms with van der Waals surface area (Å²) in [5.41, 5.74) is 0. The highest BCUT2D eigenvalue weighted by atomic mass is 16.7. The number of esters is 1. The van der Waals surface area contributed by atoms with Crippen LogP contribution in [0, 0.1) is 5.92 Å². The van der Waals surface area contributed by atoms with Gasteiger partial charge < -0.3 is 14.2 Å². The van der Waals surface area contributed by atoms with E-state index in [1.165, 1.54) is 0 Å². The maximum atomic E-state index is 11.8. The summed E-state index contributed by atoms with van der Waals surface area (Å²) >= 11 is 0. The number of ether oxygens (including phenoxy) is 3. The van der Waals surface area contributed by atoms with Crippen molar-refractivity contribution in [2.24, 2.45) is 5.92 Å². The normalized spacial score (nSPS) is 13.6. The summed E-state index contributed by atoms with van der Waals surface area (Å²) < 4.78 is 14.9. The lowest BCUT2D eigenvalue weighted by Crippen LogP contribution is -2.33. The van der Waals surface area contributed by atoms with Gasteiger partial charge in [0.25, 0.3) is 0 Å². The molecule has 0 rings (SSSR count). The summed E-state index contributed by atoms with van der Waals surface area (Å²) in [5, 5.41) is 0. The number of carbonyl (C=O) groups is 2. The molecule has 5 heteroatoms. The minimum absolute atomic E-state index is 0.258. The topological polar surface area (TPSA) is 61.8 Å². The lowest BCUT2D eigenvalue weighted by molar-refractivity contribution is -0.153. The zero-order valence-electron chi connectivity index (χ0n) is 11.7. The molecule has 0 aliphatic heterocycles. The van der Waals surface area contributed by atoms with E-state index in [-0.39, 0.29) is 12.6 Å². The molecule has 106 valence electrons. The molecule has 0 radical (unpaired) electrons. The molecule has 0 aromatic heterocycles. The first-order valence-corrected chi connectivity index (χ1v) is 6.60. The number of hydrogen-bond donors (Lipinski definition) is 0. The van der Waals surface area contributed by atoms with E-state index in [9.17, 15) is 9.59 Å². The van der Waals surface area contributed by atoms with Crippen molar-refractivity contribution in [3.63, 3.8) is 0 Å². The fourth-order valence-corrected chi connectivity index (χ4v) is 1.73. The SMILES string of the molecule is CCCC(OC(=O)OCC)C(CC)C(=O)OCC. The zero-order valence-corrected chi connectivity index (χ0v) is 11.7. The van der Waals surface area contributed by atoms with Crippen LogP contribution in [0.1, 0.15) is 47.0 Å². The second-order valence-electron chi connectivity index (χ2n) is 3.89. The molecule has 2 unspecified atom stereocenters. The number of hydrogen-bond acceptors (Lipinski definition) is 5. The molecule has 0 amide bonds. The van der Waals surface area contributed by atoms with E-state index in [1.807, 2.05) is 13.8 Å². The Labute approximate surface area is 109 Å². The molecule has 0 aliphatic carbocycles. The van der Waals surface area contributed by atoms with Gasteiger partial charge in [-0.1, -0.05) is 20.3 Å².